The number of rotatable bonds is 4. The summed E-state index contributed by atoms with van der Waals surface area (Å²) in [6.07, 6.45) is 1.80. The molecule has 6 heteroatoms. The molecular formula is C14H21FN3O2+. The van der Waals surface area contributed by atoms with Crippen LogP contribution in [0.4, 0.5) is 10.1 Å². The number of quaternary nitrogens is 1. The maximum Gasteiger partial charge on any atom is 0.254 e. The first-order chi connectivity index (χ1) is 9.60. The van der Waals surface area contributed by atoms with Crippen LogP contribution in [0.1, 0.15) is 23.2 Å². The molecule has 1 aromatic carbocycles. The third-order valence-corrected chi connectivity index (χ3v) is 3.55. The van der Waals surface area contributed by atoms with Crippen LogP contribution in [0.5, 0.6) is 0 Å². The van der Waals surface area contributed by atoms with Gasteiger partial charge in [-0.25, -0.2) is 9.23 Å². The van der Waals surface area contributed by atoms with Gasteiger partial charge in [0.1, 0.15) is 5.82 Å². The Labute approximate surface area is 118 Å². The predicted octanol–water partition coefficient (Wildman–Crippen LogP) is 0.406. The van der Waals surface area contributed by atoms with Crippen LogP contribution in [0, 0.1) is 5.82 Å². The molecule has 20 heavy (non-hydrogen) atoms. The first-order valence-corrected chi connectivity index (χ1v) is 6.75. The van der Waals surface area contributed by atoms with E-state index in [1.807, 2.05) is 0 Å². The summed E-state index contributed by atoms with van der Waals surface area (Å²) in [6.45, 7) is 1.91. The van der Waals surface area contributed by atoms with Gasteiger partial charge in [-0.05, 0) is 39.0 Å². The zero-order valence-corrected chi connectivity index (χ0v) is 11.9. The van der Waals surface area contributed by atoms with E-state index in [4.69, 9.17) is 4.84 Å². The molecule has 1 saturated heterocycles. The highest BCUT2D eigenvalue weighted by Gasteiger charge is 2.21. The fraction of sp³-hybridized carbons (Fsp3) is 0.500. The summed E-state index contributed by atoms with van der Waals surface area (Å²) in [5.41, 5.74) is 2.11. The summed E-state index contributed by atoms with van der Waals surface area (Å²) in [6, 6.07) is 4.58. The molecule has 2 rings (SSSR count). The first-order valence-electron chi connectivity index (χ1n) is 6.75. The topological polar surface area (TPSA) is 58.2 Å². The molecule has 0 bridgehead atoms. The number of piperidine rings is 1. The standard InChI is InChI=1S/C14H20FN3O2/c1-18-7-5-10(6-8-18)16-14(19)12-4-3-11(17-20-2)9-13(12)15/h3-4,9-10,17H,5-8H2,1-2H3,(H,16,19)/p+1. The fourth-order valence-electron chi connectivity index (χ4n) is 2.34. The molecule has 1 aromatic rings. The third-order valence-electron chi connectivity index (χ3n) is 3.55. The van der Waals surface area contributed by atoms with E-state index in [2.05, 4.69) is 17.3 Å². The van der Waals surface area contributed by atoms with E-state index >= 15 is 0 Å². The Kier molecular flexibility index (Phi) is 5.05. The lowest BCUT2D eigenvalue weighted by Crippen LogP contribution is -2.75. The number of nitrogens with zero attached hydrogens (tertiary/aromatic N) is 1. The van der Waals surface area contributed by atoms with E-state index in [1.54, 1.807) is 6.07 Å². The van der Waals surface area contributed by atoms with Gasteiger partial charge < -0.3 is 10.2 Å². The summed E-state index contributed by atoms with van der Waals surface area (Å²) in [5.74, 6) is -0.873. The highest BCUT2D eigenvalue weighted by molar-refractivity contribution is 5.94. The van der Waals surface area contributed by atoms with Gasteiger partial charge in [-0.15, -0.1) is 0 Å². The number of nitrogens with one attached hydrogen (secondary N) is 1. The van der Waals surface area contributed by atoms with Crippen molar-refractivity contribution in [2.24, 2.45) is 0 Å². The average Bonchev–Trinajstić information content (AvgIpc) is 2.42. The molecule has 0 spiro atoms. The number of benzene rings is 1. The van der Waals surface area contributed by atoms with Gasteiger partial charge in [-0.1, -0.05) is 0 Å². The smallest absolute Gasteiger partial charge is 0.254 e. The van der Waals surface area contributed by atoms with Gasteiger partial charge in [-0.2, -0.15) is 5.48 Å². The van der Waals surface area contributed by atoms with Crippen LogP contribution in [0.3, 0.4) is 0 Å². The molecule has 0 aromatic heterocycles. The molecule has 0 radical (unpaired) electrons. The molecule has 0 unspecified atom stereocenters. The Morgan fingerprint density at radius 3 is 2.75 bits per heavy atom. The summed E-state index contributed by atoms with van der Waals surface area (Å²) in [5, 5.41) is 2.90. The molecule has 1 heterocycles. The van der Waals surface area contributed by atoms with Gasteiger partial charge in [0.2, 0.25) is 0 Å². The van der Waals surface area contributed by atoms with E-state index in [1.165, 1.54) is 24.7 Å². The molecular weight excluding hydrogens is 261 g/mol. The second-order valence-electron chi connectivity index (χ2n) is 5.14. The maximum absolute atomic E-state index is 13.9. The number of amides is 1. The lowest BCUT2D eigenvalue weighted by atomic mass is 10.0. The zero-order valence-electron chi connectivity index (χ0n) is 11.9. The number of nitrogens with two attached hydrogens (primary N) is 1. The average molecular weight is 282 g/mol. The van der Waals surface area contributed by atoms with Gasteiger partial charge in [-0.3, -0.25) is 4.79 Å². The van der Waals surface area contributed by atoms with Crippen molar-refractivity contribution in [3.63, 3.8) is 0 Å². The van der Waals surface area contributed by atoms with Crippen LogP contribution in [-0.4, -0.2) is 44.1 Å². The molecule has 0 atom stereocenters. The summed E-state index contributed by atoms with van der Waals surface area (Å²) in [4.78, 5) is 19.1. The van der Waals surface area contributed by atoms with Crippen LogP contribution in [0.15, 0.2) is 18.2 Å². The van der Waals surface area contributed by atoms with Gasteiger partial charge in [0, 0.05) is 18.2 Å². The van der Waals surface area contributed by atoms with Crippen molar-refractivity contribution in [3.8, 4) is 0 Å². The van der Waals surface area contributed by atoms with Crippen LogP contribution in [0.2, 0.25) is 0 Å². The first kappa shape index (κ1) is 14.9. The molecule has 3 N–H and O–H groups in total. The monoisotopic (exact) mass is 282 g/mol. The fourth-order valence-corrected chi connectivity index (χ4v) is 2.34. The minimum absolute atomic E-state index is 0.0807. The van der Waals surface area contributed by atoms with Crippen molar-refractivity contribution >= 4 is 11.6 Å². The number of hydrogen-bond acceptors (Lipinski definition) is 3. The SMILES string of the molecule is CO[NH2+]c1ccc(C(=O)NC2CCN(C)CC2)c(F)c1. The Bertz CT molecular complexity index is 473. The van der Waals surface area contributed by atoms with Crippen molar-refractivity contribution < 1.29 is 19.5 Å². The normalized spacial score (nSPS) is 17.1. The molecule has 1 aliphatic heterocycles. The zero-order chi connectivity index (χ0) is 14.5. The van der Waals surface area contributed by atoms with Crippen molar-refractivity contribution in [2.45, 2.75) is 18.9 Å². The van der Waals surface area contributed by atoms with Gasteiger partial charge in [0.25, 0.3) is 5.91 Å². The minimum atomic E-state index is -0.527. The molecule has 110 valence electrons. The number of carbonyl (C=O) groups is 1. The molecule has 5 nitrogen and oxygen atoms in total. The van der Waals surface area contributed by atoms with E-state index in [-0.39, 0.29) is 17.5 Å². The highest BCUT2D eigenvalue weighted by Crippen LogP contribution is 2.13. The van der Waals surface area contributed by atoms with Gasteiger partial charge in [0.05, 0.1) is 12.7 Å². The van der Waals surface area contributed by atoms with E-state index in [9.17, 15) is 9.18 Å². The quantitative estimate of drug-likeness (QED) is 0.621. The molecule has 0 saturated carbocycles. The molecule has 1 aliphatic rings. The van der Waals surface area contributed by atoms with E-state index < -0.39 is 5.82 Å². The van der Waals surface area contributed by atoms with Gasteiger partial charge >= 0.3 is 0 Å². The number of halogens is 1. The van der Waals surface area contributed by atoms with Crippen molar-refractivity contribution in [2.75, 3.05) is 27.2 Å². The lowest BCUT2D eigenvalue weighted by molar-refractivity contribution is -0.830. The van der Waals surface area contributed by atoms with E-state index in [0.717, 1.165) is 25.9 Å². The number of carbonyl (C=O) groups excluding carboxylic acids is 1. The number of likely N-dealkylation sites (tertiary alicyclic amines) is 1. The Hall–Kier alpha value is -1.50. The van der Waals surface area contributed by atoms with Crippen molar-refractivity contribution in [3.05, 3.63) is 29.6 Å². The summed E-state index contributed by atoms with van der Waals surface area (Å²) < 4.78 is 13.9. The van der Waals surface area contributed by atoms with Crippen LogP contribution < -0.4 is 10.8 Å². The van der Waals surface area contributed by atoms with Crippen LogP contribution in [0.25, 0.3) is 0 Å². The number of hydrogen-bond donors (Lipinski definition) is 2. The largest absolute Gasteiger partial charge is 0.349 e. The molecule has 0 aliphatic carbocycles. The van der Waals surface area contributed by atoms with Crippen LogP contribution >= 0.6 is 0 Å². The third kappa shape index (κ3) is 3.75. The Morgan fingerprint density at radius 2 is 2.15 bits per heavy atom. The molecule has 1 amide bonds. The molecule has 1 fully saturated rings. The second kappa shape index (κ2) is 6.78. The minimum Gasteiger partial charge on any atom is -0.349 e. The Morgan fingerprint density at radius 1 is 1.45 bits per heavy atom. The lowest BCUT2D eigenvalue weighted by Gasteiger charge is -2.29. The summed E-state index contributed by atoms with van der Waals surface area (Å²) >= 11 is 0. The second-order valence-corrected chi connectivity index (χ2v) is 5.14. The Balaban J connectivity index is 1.98. The van der Waals surface area contributed by atoms with Crippen LogP contribution in [-0.2, 0) is 4.84 Å². The summed E-state index contributed by atoms with van der Waals surface area (Å²) in [7, 11) is 3.56. The van der Waals surface area contributed by atoms with Crippen molar-refractivity contribution in [1.29, 1.82) is 0 Å². The maximum atomic E-state index is 13.9. The van der Waals surface area contributed by atoms with Crippen molar-refractivity contribution in [1.82, 2.24) is 10.2 Å². The van der Waals surface area contributed by atoms with E-state index in [0.29, 0.717) is 5.69 Å². The van der Waals surface area contributed by atoms with Gasteiger partial charge in [0.15, 0.2) is 5.69 Å². The predicted molar refractivity (Wildman–Crippen MR) is 73.0 cm³/mol. The highest BCUT2D eigenvalue weighted by atomic mass is 19.1.